The molecule has 0 saturated heterocycles. The van der Waals surface area contributed by atoms with Gasteiger partial charge in [0.05, 0.1) is 0 Å². The monoisotopic (exact) mass is 193 g/mol. The lowest BCUT2D eigenvalue weighted by Gasteiger charge is -2.18. The summed E-state index contributed by atoms with van der Waals surface area (Å²) in [6.07, 6.45) is 4.50. The summed E-state index contributed by atoms with van der Waals surface area (Å²) >= 11 is 0. The van der Waals surface area contributed by atoms with Crippen molar-refractivity contribution in [1.82, 2.24) is 0 Å². The van der Waals surface area contributed by atoms with Crippen LogP contribution in [0.25, 0.3) is 0 Å². The minimum absolute atomic E-state index is 0.138. The predicted octanol–water partition coefficient (Wildman–Crippen LogP) is 2.72. The second-order valence-electron chi connectivity index (χ2n) is 4.14. The van der Waals surface area contributed by atoms with Crippen LogP contribution in [0.4, 0.5) is 4.39 Å². The number of fused-ring (bicyclic) bond motifs is 1. The molecule has 2 N–H and O–H groups in total. The molecule has 0 unspecified atom stereocenters. The van der Waals surface area contributed by atoms with E-state index in [4.69, 9.17) is 5.73 Å². The molecule has 0 spiro atoms. The second kappa shape index (κ2) is 3.70. The fourth-order valence-corrected chi connectivity index (χ4v) is 2.12. The highest BCUT2D eigenvalue weighted by molar-refractivity contribution is 5.36. The predicted molar refractivity (Wildman–Crippen MR) is 55.6 cm³/mol. The van der Waals surface area contributed by atoms with Gasteiger partial charge in [0.1, 0.15) is 5.82 Å². The Hall–Kier alpha value is -0.890. The van der Waals surface area contributed by atoms with E-state index < -0.39 is 0 Å². The van der Waals surface area contributed by atoms with Gasteiger partial charge in [-0.25, -0.2) is 4.39 Å². The van der Waals surface area contributed by atoms with Crippen molar-refractivity contribution in [2.24, 2.45) is 5.73 Å². The van der Waals surface area contributed by atoms with Crippen LogP contribution in [0.5, 0.6) is 0 Å². The van der Waals surface area contributed by atoms with E-state index in [1.54, 1.807) is 6.07 Å². The molecule has 1 atom stereocenters. The van der Waals surface area contributed by atoms with Crippen LogP contribution < -0.4 is 5.73 Å². The molecule has 1 aromatic rings. The topological polar surface area (TPSA) is 26.0 Å². The smallest absolute Gasteiger partial charge is 0.128 e. The lowest BCUT2D eigenvalue weighted by molar-refractivity contribution is 0.582. The highest BCUT2D eigenvalue weighted by Crippen LogP contribution is 2.26. The molecule has 1 aromatic carbocycles. The number of halogens is 1. The van der Waals surface area contributed by atoms with E-state index in [9.17, 15) is 4.39 Å². The third-order valence-corrected chi connectivity index (χ3v) is 2.95. The molecule has 0 bridgehead atoms. The Morgan fingerprint density at radius 3 is 2.36 bits per heavy atom. The van der Waals surface area contributed by atoms with Crippen molar-refractivity contribution in [3.8, 4) is 0 Å². The summed E-state index contributed by atoms with van der Waals surface area (Å²) in [6.45, 7) is 1.83. The molecule has 0 fully saturated rings. The lowest BCUT2D eigenvalue weighted by atomic mass is 9.89. The molecule has 0 radical (unpaired) electrons. The molecule has 2 heteroatoms. The van der Waals surface area contributed by atoms with Crippen LogP contribution in [-0.2, 0) is 12.8 Å². The third-order valence-electron chi connectivity index (χ3n) is 2.95. The molecule has 2 rings (SSSR count). The Labute approximate surface area is 84.1 Å². The fourth-order valence-electron chi connectivity index (χ4n) is 2.12. The van der Waals surface area contributed by atoms with E-state index >= 15 is 0 Å². The van der Waals surface area contributed by atoms with E-state index in [0.29, 0.717) is 5.56 Å². The van der Waals surface area contributed by atoms with Gasteiger partial charge in [-0.3, -0.25) is 0 Å². The maximum absolute atomic E-state index is 13.5. The van der Waals surface area contributed by atoms with Crippen LogP contribution in [0.1, 0.15) is 42.5 Å². The minimum atomic E-state index is -0.206. The molecular formula is C12H16FN. The van der Waals surface area contributed by atoms with Gasteiger partial charge in [0.15, 0.2) is 0 Å². The van der Waals surface area contributed by atoms with Crippen molar-refractivity contribution in [1.29, 1.82) is 0 Å². The van der Waals surface area contributed by atoms with Crippen molar-refractivity contribution in [3.63, 3.8) is 0 Å². The van der Waals surface area contributed by atoms with Crippen molar-refractivity contribution in [2.75, 3.05) is 0 Å². The van der Waals surface area contributed by atoms with Gasteiger partial charge < -0.3 is 5.73 Å². The van der Waals surface area contributed by atoms with Gasteiger partial charge in [-0.05, 0) is 49.8 Å². The number of hydrogen-bond donors (Lipinski definition) is 1. The van der Waals surface area contributed by atoms with E-state index in [1.165, 1.54) is 24.0 Å². The summed E-state index contributed by atoms with van der Waals surface area (Å²) in [5, 5.41) is 0. The SMILES string of the molecule is C[C@@H](N)c1cc2c(cc1F)CCCC2. The fraction of sp³-hybridized carbons (Fsp3) is 0.500. The number of benzene rings is 1. The van der Waals surface area contributed by atoms with Gasteiger partial charge in [0.2, 0.25) is 0 Å². The van der Waals surface area contributed by atoms with Gasteiger partial charge in [-0.15, -0.1) is 0 Å². The van der Waals surface area contributed by atoms with Crippen molar-refractivity contribution >= 4 is 0 Å². The molecule has 1 aliphatic carbocycles. The van der Waals surface area contributed by atoms with E-state index in [1.807, 2.05) is 13.0 Å². The first-order valence-corrected chi connectivity index (χ1v) is 5.25. The molecule has 0 aromatic heterocycles. The largest absolute Gasteiger partial charge is 0.324 e. The third kappa shape index (κ3) is 1.67. The first-order chi connectivity index (χ1) is 6.68. The Morgan fingerprint density at radius 2 is 1.79 bits per heavy atom. The van der Waals surface area contributed by atoms with Gasteiger partial charge in [-0.1, -0.05) is 6.07 Å². The zero-order chi connectivity index (χ0) is 10.1. The Kier molecular flexibility index (Phi) is 2.55. The first-order valence-electron chi connectivity index (χ1n) is 5.25. The van der Waals surface area contributed by atoms with E-state index in [-0.39, 0.29) is 11.9 Å². The van der Waals surface area contributed by atoms with Crippen LogP contribution in [0, 0.1) is 5.82 Å². The van der Waals surface area contributed by atoms with E-state index in [2.05, 4.69) is 0 Å². The molecule has 0 heterocycles. The summed E-state index contributed by atoms with van der Waals surface area (Å²) < 4.78 is 13.5. The number of nitrogens with two attached hydrogens (primary N) is 1. The molecule has 1 nitrogen and oxygen atoms in total. The summed E-state index contributed by atoms with van der Waals surface area (Å²) in [7, 11) is 0. The Morgan fingerprint density at radius 1 is 1.21 bits per heavy atom. The van der Waals surface area contributed by atoms with Gasteiger partial charge in [0, 0.05) is 11.6 Å². The summed E-state index contributed by atoms with van der Waals surface area (Å²) in [5.74, 6) is -0.138. The maximum atomic E-state index is 13.5. The highest BCUT2D eigenvalue weighted by Gasteiger charge is 2.14. The Bertz CT molecular complexity index is 344. The summed E-state index contributed by atoms with van der Waals surface area (Å²) in [4.78, 5) is 0. The summed E-state index contributed by atoms with van der Waals surface area (Å²) in [6, 6.07) is 3.42. The number of aryl methyl sites for hydroxylation is 2. The van der Waals surface area contributed by atoms with Crippen molar-refractivity contribution in [3.05, 3.63) is 34.6 Å². The van der Waals surface area contributed by atoms with Gasteiger partial charge in [-0.2, -0.15) is 0 Å². The second-order valence-corrected chi connectivity index (χ2v) is 4.14. The first kappa shape index (κ1) is 9.66. The minimum Gasteiger partial charge on any atom is -0.324 e. The van der Waals surface area contributed by atoms with E-state index in [0.717, 1.165) is 12.8 Å². The molecular weight excluding hydrogens is 177 g/mol. The normalized spacial score (nSPS) is 17.6. The maximum Gasteiger partial charge on any atom is 0.128 e. The number of hydrogen-bond acceptors (Lipinski definition) is 1. The van der Waals surface area contributed by atoms with Crippen molar-refractivity contribution in [2.45, 2.75) is 38.6 Å². The molecule has 0 amide bonds. The molecule has 14 heavy (non-hydrogen) atoms. The van der Waals surface area contributed by atoms with Crippen LogP contribution in [0.2, 0.25) is 0 Å². The lowest BCUT2D eigenvalue weighted by Crippen LogP contribution is -2.11. The average Bonchev–Trinajstić information content (AvgIpc) is 2.16. The zero-order valence-corrected chi connectivity index (χ0v) is 8.52. The van der Waals surface area contributed by atoms with Gasteiger partial charge >= 0.3 is 0 Å². The zero-order valence-electron chi connectivity index (χ0n) is 8.52. The van der Waals surface area contributed by atoms with Crippen LogP contribution >= 0.6 is 0 Å². The highest BCUT2D eigenvalue weighted by atomic mass is 19.1. The number of rotatable bonds is 1. The summed E-state index contributed by atoms with van der Waals surface area (Å²) in [5.41, 5.74) is 8.84. The van der Waals surface area contributed by atoms with Crippen LogP contribution in [0.15, 0.2) is 12.1 Å². The van der Waals surface area contributed by atoms with Crippen molar-refractivity contribution < 1.29 is 4.39 Å². The molecule has 0 aliphatic heterocycles. The standard InChI is InChI=1S/C12H16FN/c1-8(14)11-6-9-4-2-3-5-10(9)7-12(11)13/h6-8H,2-5,14H2,1H3/t8-/m1/s1. The quantitative estimate of drug-likeness (QED) is 0.729. The van der Waals surface area contributed by atoms with Crippen LogP contribution in [0.3, 0.4) is 0 Å². The molecule has 0 saturated carbocycles. The average molecular weight is 193 g/mol. The Balaban J connectivity index is 2.45. The van der Waals surface area contributed by atoms with Crippen LogP contribution in [-0.4, -0.2) is 0 Å². The van der Waals surface area contributed by atoms with Gasteiger partial charge in [0.25, 0.3) is 0 Å². The molecule has 1 aliphatic rings. The molecule has 76 valence electrons.